The summed E-state index contributed by atoms with van der Waals surface area (Å²) in [5.41, 5.74) is 0. The molecule has 2 atom stereocenters. The van der Waals surface area contributed by atoms with Crippen LogP contribution in [0, 0.1) is 0 Å². The molecule has 0 aliphatic carbocycles. The number of ether oxygens (including phenoxy) is 2. The number of hydrogen-bond donors (Lipinski definition) is 2. The molecule has 2 fully saturated rings. The van der Waals surface area contributed by atoms with Gasteiger partial charge >= 0.3 is 0 Å². The Morgan fingerprint density at radius 1 is 1.41 bits per heavy atom. The van der Waals surface area contributed by atoms with E-state index >= 15 is 0 Å². The van der Waals surface area contributed by atoms with E-state index in [4.69, 9.17) is 9.47 Å². The van der Waals surface area contributed by atoms with E-state index in [1.54, 1.807) is 11.3 Å². The minimum atomic E-state index is -0.234. The van der Waals surface area contributed by atoms with Gasteiger partial charge in [-0.05, 0) is 11.4 Å². The number of morpholine rings is 2. The molecule has 2 unspecified atom stereocenters. The van der Waals surface area contributed by atoms with Crippen molar-refractivity contribution < 1.29 is 14.3 Å². The van der Waals surface area contributed by atoms with E-state index in [1.807, 2.05) is 0 Å². The van der Waals surface area contributed by atoms with E-state index in [1.165, 1.54) is 4.88 Å². The first-order valence-electron chi connectivity index (χ1n) is 7.78. The van der Waals surface area contributed by atoms with Gasteiger partial charge in [0.1, 0.15) is 6.04 Å². The number of nitrogens with zero attached hydrogens (tertiary/aromatic N) is 1. The molecule has 1 aromatic rings. The second-order valence-electron chi connectivity index (χ2n) is 5.51. The lowest BCUT2D eigenvalue weighted by atomic mass is 10.1. The van der Waals surface area contributed by atoms with Gasteiger partial charge < -0.3 is 20.1 Å². The quantitative estimate of drug-likeness (QED) is 0.811. The van der Waals surface area contributed by atoms with Gasteiger partial charge in [0.2, 0.25) is 5.91 Å². The highest BCUT2D eigenvalue weighted by atomic mass is 32.1. The molecule has 6 nitrogen and oxygen atoms in total. The molecular formula is C15H23N3O3S. The lowest BCUT2D eigenvalue weighted by Crippen LogP contribution is -2.52. The molecule has 0 bridgehead atoms. The van der Waals surface area contributed by atoms with E-state index in [0.717, 1.165) is 32.8 Å². The van der Waals surface area contributed by atoms with Gasteiger partial charge in [0.15, 0.2) is 0 Å². The first kappa shape index (κ1) is 15.9. The molecule has 1 amide bonds. The van der Waals surface area contributed by atoms with Gasteiger partial charge in [0.05, 0.1) is 32.5 Å². The van der Waals surface area contributed by atoms with Gasteiger partial charge in [-0.3, -0.25) is 9.69 Å². The number of amides is 1. The van der Waals surface area contributed by atoms with E-state index in [0.29, 0.717) is 19.8 Å². The van der Waals surface area contributed by atoms with Crippen molar-refractivity contribution in [2.75, 3.05) is 52.6 Å². The van der Waals surface area contributed by atoms with Crippen molar-refractivity contribution in [3.63, 3.8) is 0 Å². The molecule has 1 aromatic heterocycles. The van der Waals surface area contributed by atoms with Crippen LogP contribution in [-0.4, -0.2) is 69.5 Å². The van der Waals surface area contributed by atoms with Gasteiger partial charge in [0.25, 0.3) is 0 Å². The molecule has 0 aromatic carbocycles. The zero-order valence-corrected chi connectivity index (χ0v) is 13.4. The zero-order valence-electron chi connectivity index (χ0n) is 12.6. The summed E-state index contributed by atoms with van der Waals surface area (Å²) in [5, 5.41) is 8.35. The number of carbonyl (C=O) groups is 1. The van der Waals surface area contributed by atoms with Crippen LogP contribution in [0.2, 0.25) is 0 Å². The zero-order chi connectivity index (χ0) is 15.2. The van der Waals surface area contributed by atoms with Crippen molar-refractivity contribution in [1.29, 1.82) is 0 Å². The van der Waals surface area contributed by atoms with Crippen LogP contribution in [0.15, 0.2) is 17.5 Å². The number of rotatable bonds is 5. The van der Waals surface area contributed by atoms with Gasteiger partial charge in [0, 0.05) is 31.1 Å². The summed E-state index contributed by atoms with van der Waals surface area (Å²) < 4.78 is 10.8. The minimum absolute atomic E-state index is 0.0227. The summed E-state index contributed by atoms with van der Waals surface area (Å²) in [6, 6.07) is 4.19. The van der Waals surface area contributed by atoms with Crippen molar-refractivity contribution in [3.05, 3.63) is 22.4 Å². The summed E-state index contributed by atoms with van der Waals surface area (Å²) in [4.78, 5) is 15.9. The summed E-state index contributed by atoms with van der Waals surface area (Å²) in [7, 11) is 0. The summed E-state index contributed by atoms with van der Waals surface area (Å²) >= 11 is 1.74. The molecule has 2 N–H and O–H groups in total. The molecule has 7 heteroatoms. The second kappa shape index (κ2) is 8.03. The maximum atomic E-state index is 12.3. The topological polar surface area (TPSA) is 62.8 Å². The number of hydrogen-bond acceptors (Lipinski definition) is 6. The molecule has 0 saturated carbocycles. The van der Waals surface area contributed by atoms with Gasteiger partial charge in [-0.1, -0.05) is 6.07 Å². The Morgan fingerprint density at radius 2 is 2.27 bits per heavy atom. The maximum absolute atomic E-state index is 12.3. The van der Waals surface area contributed by atoms with Crippen LogP contribution in [0.5, 0.6) is 0 Å². The van der Waals surface area contributed by atoms with Crippen LogP contribution in [0.4, 0.5) is 0 Å². The largest absolute Gasteiger partial charge is 0.379 e. The Balaban J connectivity index is 1.58. The van der Waals surface area contributed by atoms with Crippen LogP contribution in [0.3, 0.4) is 0 Å². The fourth-order valence-corrected chi connectivity index (χ4v) is 3.69. The molecule has 2 saturated heterocycles. The van der Waals surface area contributed by atoms with Crippen molar-refractivity contribution in [1.82, 2.24) is 15.5 Å². The van der Waals surface area contributed by atoms with Gasteiger partial charge in [-0.2, -0.15) is 0 Å². The molecule has 2 aliphatic heterocycles. The van der Waals surface area contributed by atoms with Crippen molar-refractivity contribution in [3.8, 4) is 0 Å². The Kier molecular flexibility index (Phi) is 5.80. The number of carbonyl (C=O) groups excluding carboxylic acids is 1. The van der Waals surface area contributed by atoms with Gasteiger partial charge in [-0.25, -0.2) is 0 Å². The molecule has 2 aliphatic rings. The SMILES string of the molecule is O=C(NCC(c1cccs1)N1CCOCC1)C1COCCN1. The lowest BCUT2D eigenvalue weighted by molar-refractivity contribution is -0.126. The fourth-order valence-electron chi connectivity index (χ4n) is 2.83. The monoisotopic (exact) mass is 325 g/mol. The predicted molar refractivity (Wildman–Crippen MR) is 85.1 cm³/mol. The number of nitrogens with one attached hydrogen (secondary N) is 2. The van der Waals surface area contributed by atoms with Crippen molar-refractivity contribution in [2.45, 2.75) is 12.1 Å². The van der Waals surface area contributed by atoms with Crippen molar-refractivity contribution in [2.24, 2.45) is 0 Å². The Bertz CT molecular complexity index is 457. The average molecular weight is 325 g/mol. The summed E-state index contributed by atoms with van der Waals surface area (Å²) in [6.07, 6.45) is 0. The van der Waals surface area contributed by atoms with Crippen LogP contribution in [0.1, 0.15) is 10.9 Å². The molecule has 3 rings (SSSR count). The fraction of sp³-hybridized carbons (Fsp3) is 0.667. The molecule has 122 valence electrons. The van der Waals surface area contributed by atoms with E-state index in [-0.39, 0.29) is 18.0 Å². The average Bonchev–Trinajstić information content (AvgIpc) is 3.11. The standard InChI is InChI=1S/C15H23N3O3S/c19-15(12-11-21-6-3-16-12)17-10-13(14-2-1-9-22-14)18-4-7-20-8-5-18/h1-2,9,12-13,16H,3-8,10-11H2,(H,17,19). The first-order chi connectivity index (χ1) is 10.8. The van der Waals surface area contributed by atoms with Crippen LogP contribution in [-0.2, 0) is 14.3 Å². The van der Waals surface area contributed by atoms with E-state index < -0.39 is 0 Å². The third-order valence-electron chi connectivity index (χ3n) is 4.07. The van der Waals surface area contributed by atoms with E-state index in [9.17, 15) is 4.79 Å². The van der Waals surface area contributed by atoms with Crippen LogP contribution in [0.25, 0.3) is 0 Å². The Labute approximate surface area is 134 Å². The normalized spacial score (nSPS) is 24.8. The first-order valence-corrected chi connectivity index (χ1v) is 8.66. The summed E-state index contributed by atoms with van der Waals surface area (Å²) in [6.45, 7) is 5.81. The molecule has 0 radical (unpaired) electrons. The lowest BCUT2D eigenvalue weighted by Gasteiger charge is -2.34. The molecule has 3 heterocycles. The van der Waals surface area contributed by atoms with Crippen LogP contribution < -0.4 is 10.6 Å². The predicted octanol–water partition coefficient (Wildman–Crippen LogP) is 0.226. The third kappa shape index (κ3) is 4.05. The summed E-state index contributed by atoms with van der Waals surface area (Å²) in [5.74, 6) is 0.0227. The third-order valence-corrected chi connectivity index (χ3v) is 5.04. The number of thiophene rings is 1. The smallest absolute Gasteiger partial charge is 0.239 e. The Morgan fingerprint density at radius 3 is 2.95 bits per heavy atom. The molecule has 22 heavy (non-hydrogen) atoms. The molecular weight excluding hydrogens is 302 g/mol. The highest BCUT2D eigenvalue weighted by Crippen LogP contribution is 2.25. The Hall–Kier alpha value is -0.990. The van der Waals surface area contributed by atoms with Crippen molar-refractivity contribution >= 4 is 17.2 Å². The van der Waals surface area contributed by atoms with Gasteiger partial charge in [-0.15, -0.1) is 11.3 Å². The minimum Gasteiger partial charge on any atom is -0.379 e. The molecule has 0 spiro atoms. The maximum Gasteiger partial charge on any atom is 0.239 e. The highest BCUT2D eigenvalue weighted by Gasteiger charge is 2.26. The second-order valence-corrected chi connectivity index (χ2v) is 6.49. The van der Waals surface area contributed by atoms with E-state index in [2.05, 4.69) is 33.0 Å². The highest BCUT2D eigenvalue weighted by molar-refractivity contribution is 7.10. The van der Waals surface area contributed by atoms with Crippen LogP contribution >= 0.6 is 11.3 Å².